The first-order valence-corrected chi connectivity index (χ1v) is 5.41. The van der Waals surface area contributed by atoms with Crippen molar-refractivity contribution in [2.45, 2.75) is 21.5 Å². The molecule has 0 aromatic rings. The Balaban J connectivity index is 2.57. The van der Waals surface area contributed by atoms with Crippen LogP contribution < -0.4 is 0 Å². The molecule has 5 heteroatoms. The van der Waals surface area contributed by atoms with Gasteiger partial charge in [-0.3, -0.25) is 0 Å². The van der Waals surface area contributed by atoms with Gasteiger partial charge in [0.05, 0.1) is 0 Å². The third-order valence-electron chi connectivity index (χ3n) is 2.39. The number of allylic oxidation sites excluding steroid dienone is 1. The average Bonchev–Trinajstić information content (AvgIpc) is 2.25. The molecule has 1 heterocycles. The zero-order valence-electron chi connectivity index (χ0n) is 6.55. The summed E-state index contributed by atoms with van der Waals surface area (Å²) < 4.78 is 2.68. The molecular weight excluding hydrogens is 304 g/mol. The molecule has 2 rings (SSSR count). The van der Waals surface area contributed by atoms with Crippen molar-refractivity contribution in [3.05, 3.63) is 12.2 Å². The number of carbonyl (C=O) groups excluding carboxylic acids is 2. The van der Waals surface area contributed by atoms with E-state index in [1.807, 2.05) is 6.08 Å². The Morgan fingerprint density at radius 1 is 1.31 bits per heavy atom. The van der Waals surface area contributed by atoms with Crippen molar-refractivity contribution in [1.82, 2.24) is 0 Å². The van der Waals surface area contributed by atoms with Crippen LogP contribution in [0.1, 0.15) is 12.8 Å². The Bertz CT molecular complexity index is 325. The molecule has 1 fully saturated rings. The van der Waals surface area contributed by atoms with Gasteiger partial charge in [0.1, 0.15) is 0 Å². The van der Waals surface area contributed by atoms with E-state index in [4.69, 9.17) is 0 Å². The van der Waals surface area contributed by atoms with E-state index >= 15 is 0 Å². The summed E-state index contributed by atoms with van der Waals surface area (Å²) in [7, 11) is 0. The van der Waals surface area contributed by atoms with Gasteiger partial charge in [0, 0.05) is 0 Å². The molecule has 0 spiro atoms. The molecule has 0 aromatic heterocycles. The summed E-state index contributed by atoms with van der Waals surface area (Å²) in [5, 5.41) is 0. The molecule has 0 saturated carbocycles. The molecule has 2 aliphatic rings. The number of carbonyl (C=O) groups is 2. The van der Waals surface area contributed by atoms with Crippen molar-refractivity contribution in [1.29, 1.82) is 0 Å². The second-order valence-corrected chi connectivity index (χ2v) is 5.74. The van der Waals surface area contributed by atoms with Gasteiger partial charge in [-0.1, -0.05) is 44.0 Å². The highest BCUT2D eigenvalue weighted by molar-refractivity contribution is 9.13. The van der Waals surface area contributed by atoms with Crippen LogP contribution in [-0.2, 0) is 14.3 Å². The topological polar surface area (TPSA) is 43.4 Å². The smallest absolute Gasteiger partial charge is 0.336 e. The molecule has 0 N–H and O–H groups in total. The van der Waals surface area contributed by atoms with Gasteiger partial charge >= 0.3 is 11.9 Å². The lowest BCUT2D eigenvalue weighted by Gasteiger charge is -2.30. The van der Waals surface area contributed by atoms with Crippen LogP contribution in [0.3, 0.4) is 0 Å². The van der Waals surface area contributed by atoms with Crippen molar-refractivity contribution in [2.75, 3.05) is 0 Å². The van der Waals surface area contributed by atoms with Crippen LogP contribution in [-0.4, -0.2) is 20.6 Å². The number of ether oxygens (including phenoxy) is 1. The average molecular weight is 310 g/mol. The largest absolute Gasteiger partial charge is 0.391 e. The summed E-state index contributed by atoms with van der Waals surface area (Å²) in [6, 6.07) is 0. The summed E-state index contributed by atoms with van der Waals surface area (Å²) in [4.78, 5) is 22.8. The van der Waals surface area contributed by atoms with E-state index in [1.54, 1.807) is 6.08 Å². The van der Waals surface area contributed by atoms with Crippen molar-refractivity contribution >= 4 is 43.8 Å². The van der Waals surface area contributed by atoms with Crippen LogP contribution in [0.15, 0.2) is 12.2 Å². The van der Waals surface area contributed by atoms with Crippen molar-refractivity contribution in [3.63, 3.8) is 0 Å². The van der Waals surface area contributed by atoms with Crippen LogP contribution >= 0.6 is 31.9 Å². The van der Waals surface area contributed by atoms with Crippen LogP contribution in [0.4, 0.5) is 0 Å². The first kappa shape index (κ1) is 9.40. The molecule has 70 valence electrons. The zero-order valence-corrected chi connectivity index (χ0v) is 9.72. The van der Waals surface area contributed by atoms with Gasteiger partial charge in [0.2, 0.25) is 0 Å². The highest BCUT2D eigenvalue weighted by atomic mass is 79.9. The Morgan fingerprint density at radius 2 is 2.00 bits per heavy atom. The van der Waals surface area contributed by atoms with Crippen molar-refractivity contribution in [2.24, 2.45) is 0 Å². The van der Waals surface area contributed by atoms with E-state index < -0.39 is 20.6 Å². The lowest BCUT2D eigenvalue weighted by molar-refractivity contribution is -0.152. The highest BCUT2D eigenvalue weighted by Gasteiger charge is 2.65. The third-order valence-corrected chi connectivity index (χ3v) is 5.53. The molecule has 0 aromatic carbocycles. The van der Waals surface area contributed by atoms with Gasteiger partial charge < -0.3 is 4.74 Å². The van der Waals surface area contributed by atoms with Crippen molar-refractivity contribution < 1.29 is 14.3 Å². The molecular formula is C8H6Br2O3. The first-order valence-electron chi connectivity index (χ1n) is 3.83. The molecule has 1 aliphatic carbocycles. The lowest BCUT2D eigenvalue weighted by atomic mass is 9.85. The predicted octanol–water partition coefficient (Wildman–Crippen LogP) is 1.69. The van der Waals surface area contributed by atoms with Crippen LogP contribution in [0.2, 0.25) is 0 Å². The molecule has 2 unspecified atom stereocenters. The fourth-order valence-electron chi connectivity index (χ4n) is 1.56. The number of esters is 2. The fourth-order valence-corrected chi connectivity index (χ4v) is 2.79. The number of halogens is 2. The van der Waals surface area contributed by atoms with E-state index in [0.717, 1.165) is 6.42 Å². The molecule has 0 bridgehead atoms. The van der Waals surface area contributed by atoms with Gasteiger partial charge in [-0.15, -0.1) is 0 Å². The van der Waals surface area contributed by atoms with Gasteiger partial charge in [0.25, 0.3) is 0 Å². The number of hydrogen-bond donors (Lipinski definition) is 0. The van der Waals surface area contributed by atoms with E-state index in [9.17, 15) is 9.59 Å². The van der Waals surface area contributed by atoms with Crippen LogP contribution in [0.25, 0.3) is 0 Å². The number of cyclic esters (lactones) is 2. The normalized spacial score (nSPS) is 43.2. The Hall–Kier alpha value is -0.160. The standard InChI is InChI=1S/C8H6Br2O3/c9-7-3-1-2-4-8(7,10)6(12)13-5(7)11/h1,3H,2,4H2. The Morgan fingerprint density at radius 3 is 2.62 bits per heavy atom. The number of fused-ring (bicyclic) bond motifs is 1. The monoisotopic (exact) mass is 308 g/mol. The first-order chi connectivity index (χ1) is 6.01. The maximum absolute atomic E-state index is 11.4. The quantitative estimate of drug-likeness (QED) is 0.296. The third kappa shape index (κ3) is 1.00. The summed E-state index contributed by atoms with van der Waals surface area (Å²) in [6.45, 7) is 0. The van der Waals surface area contributed by atoms with E-state index in [1.165, 1.54) is 0 Å². The van der Waals surface area contributed by atoms with Gasteiger partial charge in [-0.2, -0.15) is 0 Å². The SMILES string of the molecule is O=C1OC(=O)C2(Br)CCC=CC12Br. The summed E-state index contributed by atoms with van der Waals surface area (Å²) in [5.41, 5.74) is 0. The van der Waals surface area contributed by atoms with E-state index in [0.29, 0.717) is 6.42 Å². The van der Waals surface area contributed by atoms with Gasteiger partial charge in [-0.05, 0) is 12.8 Å². The number of alkyl halides is 2. The molecule has 2 atom stereocenters. The lowest BCUT2D eigenvalue weighted by Crippen LogP contribution is -2.47. The fraction of sp³-hybridized carbons (Fsp3) is 0.500. The van der Waals surface area contributed by atoms with E-state index in [2.05, 4.69) is 36.6 Å². The molecule has 0 radical (unpaired) electrons. The van der Waals surface area contributed by atoms with Gasteiger partial charge in [-0.25, -0.2) is 9.59 Å². The second kappa shape index (κ2) is 2.67. The molecule has 13 heavy (non-hydrogen) atoms. The molecule has 1 saturated heterocycles. The van der Waals surface area contributed by atoms with Crippen LogP contribution in [0.5, 0.6) is 0 Å². The summed E-state index contributed by atoms with van der Waals surface area (Å²) >= 11 is 6.55. The molecule has 0 amide bonds. The summed E-state index contributed by atoms with van der Waals surface area (Å²) in [6.07, 6.45) is 4.88. The zero-order chi connectivity index (χ0) is 9.69. The van der Waals surface area contributed by atoms with E-state index in [-0.39, 0.29) is 0 Å². The maximum atomic E-state index is 11.4. The minimum Gasteiger partial charge on any atom is -0.391 e. The highest BCUT2D eigenvalue weighted by Crippen LogP contribution is 2.51. The predicted molar refractivity (Wildman–Crippen MR) is 52.8 cm³/mol. The minimum atomic E-state index is -1.00. The number of hydrogen-bond acceptors (Lipinski definition) is 3. The minimum absolute atomic E-state index is 0.501. The molecule has 3 nitrogen and oxygen atoms in total. The van der Waals surface area contributed by atoms with Gasteiger partial charge in [0.15, 0.2) is 8.65 Å². The Kier molecular flexibility index (Phi) is 1.93. The molecule has 1 aliphatic heterocycles. The van der Waals surface area contributed by atoms with Crippen molar-refractivity contribution in [3.8, 4) is 0 Å². The maximum Gasteiger partial charge on any atom is 0.336 e. The Labute approximate surface area is 91.8 Å². The second-order valence-electron chi connectivity index (χ2n) is 3.13. The number of rotatable bonds is 0. The summed E-state index contributed by atoms with van der Waals surface area (Å²) in [5.74, 6) is -1.04. The van der Waals surface area contributed by atoms with Crippen LogP contribution in [0, 0.1) is 0 Å².